The molecule has 0 unspecified atom stereocenters. The van der Waals surface area contributed by atoms with Crippen molar-refractivity contribution < 1.29 is 14.3 Å². The summed E-state index contributed by atoms with van der Waals surface area (Å²) >= 11 is 0. The van der Waals surface area contributed by atoms with Crippen molar-refractivity contribution in [1.82, 2.24) is 5.32 Å². The molecule has 1 aromatic heterocycles. The molecular weight excluding hydrogens is 242 g/mol. The van der Waals surface area contributed by atoms with Crippen molar-refractivity contribution in [3.8, 4) is 0 Å². The first-order valence-electron chi connectivity index (χ1n) is 6.18. The van der Waals surface area contributed by atoms with Gasteiger partial charge in [0.05, 0.1) is 12.8 Å². The number of rotatable bonds is 5. The molecule has 0 bridgehead atoms. The van der Waals surface area contributed by atoms with Crippen molar-refractivity contribution in [1.29, 1.82) is 0 Å². The summed E-state index contributed by atoms with van der Waals surface area (Å²) in [6.07, 6.45) is 1.40. The summed E-state index contributed by atoms with van der Waals surface area (Å²) in [5.41, 5.74) is 2.62. The second kappa shape index (κ2) is 5.71. The number of carboxylic acid groups (broad SMARTS) is 1. The lowest BCUT2D eigenvalue weighted by Crippen LogP contribution is -2.19. The average Bonchev–Trinajstić information content (AvgIpc) is 2.85. The van der Waals surface area contributed by atoms with Gasteiger partial charge in [-0.25, -0.2) is 4.79 Å². The van der Waals surface area contributed by atoms with E-state index in [0.717, 1.165) is 0 Å². The highest BCUT2D eigenvalue weighted by molar-refractivity contribution is 5.88. The highest BCUT2D eigenvalue weighted by Gasteiger charge is 2.14. The predicted octanol–water partition coefficient (Wildman–Crippen LogP) is 3.14. The molecule has 2 aromatic rings. The van der Waals surface area contributed by atoms with Gasteiger partial charge in [-0.1, -0.05) is 24.3 Å². The van der Waals surface area contributed by atoms with Gasteiger partial charge in [-0.05, 0) is 31.0 Å². The van der Waals surface area contributed by atoms with Crippen LogP contribution in [0.1, 0.15) is 40.2 Å². The molecule has 0 aliphatic carbocycles. The van der Waals surface area contributed by atoms with Gasteiger partial charge in [-0.3, -0.25) is 0 Å². The van der Waals surface area contributed by atoms with Gasteiger partial charge in [-0.2, -0.15) is 0 Å². The Labute approximate surface area is 112 Å². The summed E-state index contributed by atoms with van der Waals surface area (Å²) in [7, 11) is 0. The maximum Gasteiger partial charge on any atom is 0.339 e. The lowest BCUT2D eigenvalue weighted by molar-refractivity contribution is 0.0694. The maximum absolute atomic E-state index is 11.0. The van der Waals surface area contributed by atoms with Crippen LogP contribution in [0.5, 0.6) is 0 Å². The van der Waals surface area contributed by atoms with Gasteiger partial charge in [0.15, 0.2) is 0 Å². The van der Waals surface area contributed by atoms with Gasteiger partial charge in [0, 0.05) is 6.04 Å². The summed E-state index contributed by atoms with van der Waals surface area (Å²) in [6, 6.07) is 9.72. The Morgan fingerprint density at radius 1 is 1.37 bits per heavy atom. The van der Waals surface area contributed by atoms with Gasteiger partial charge >= 0.3 is 5.97 Å². The van der Waals surface area contributed by atoms with Crippen LogP contribution in [0.3, 0.4) is 0 Å². The molecule has 0 saturated heterocycles. The standard InChI is InChI=1S/C15H17NO3/c1-10-5-3-4-6-12(10)11(2)16-9-14-13(15(17)18)7-8-19-14/h3-8,11,16H,9H2,1-2H3,(H,17,18)/t11-/m0/s1. The Kier molecular flexibility index (Phi) is 4.02. The van der Waals surface area contributed by atoms with Crippen LogP contribution in [-0.4, -0.2) is 11.1 Å². The number of aromatic carboxylic acids is 1. The molecule has 1 heterocycles. The summed E-state index contributed by atoms with van der Waals surface area (Å²) in [4.78, 5) is 11.0. The Morgan fingerprint density at radius 2 is 2.11 bits per heavy atom. The van der Waals surface area contributed by atoms with E-state index in [9.17, 15) is 4.79 Å². The lowest BCUT2D eigenvalue weighted by Gasteiger charge is -2.15. The lowest BCUT2D eigenvalue weighted by atomic mass is 10.0. The van der Waals surface area contributed by atoms with Gasteiger partial charge in [0.1, 0.15) is 11.3 Å². The van der Waals surface area contributed by atoms with Crippen molar-refractivity contribution >= 4 is 5.97 Å². The van der Waals surface area contributed by atoms with Crippen LogP contribution in [0.4, 0.5) is 0 Å². The summed E-state index contributed by atoms with van der Waals surface area (Å²) in [5, 5.41) is 12.3. The Bertz CT molecular complexity index is 574. The molecule has 4 nitrogen and oxygen atoms in total. The molecule has 1 atom stereocenters. The summed E-state index contributed by atoms with van der Waals surface area (Å²) in [6.45, 7) is 4.50. The summed E-state index contributed by atoms with van der Waals surface area (Å²) in [5.74, 6) is -0.512. The fourth-order valence-electron chi connectivity index (χ4n) is 2.10. The van der Waals surface area contributed by atoms with Crippen LogP contribution in [0.2, 0.25) is 0 Å². The van der Waals surface area contributed by atoms with Crippen molar-refractivity contribution in [3.63, 3.8) is 0 Å². The number of furan rings is 1. The zero-order chi connectivity index (χ0) is 13.8. The fraction of sp³-hybridized carbons (Fsp3) is 0.267. The zero-order valence-electron chi connectivity index (χ0n) is 11.0. The maximum atomic E-state index is 11.0. The van der Waals surface area contributed by atoms with E-state index in [1.54, 1.807) is 0 Å². The minimum Gasteiger partial charge on any atom is -0.478 e. The minimum absolute atomic E-state index is 0.132. The molecular formula is C15H17NO3. The van der Waals surface area contributed by atoms with E-state index in [4.69, 9.17) is 9.52 Å². The molecule has 4 heteroatoms. The van der Waals surface area contributed by atoms with Crippen LogP contribution in [0, 0.1) is 6.92 Å². The largest absolute Gasteiger partial charge is 0.478 e. The third kappa shape index (κ3) is 3.03. The topological polar surface area (TPSA) is 62.5 Å². The van der Waals surface area contributed by atoms with Crippen molar-refractivity contribution in [2.45, 2.75) is 26.4 Å². The molecule has 0 radical (unpaired) electrons. The highest BCUT2D eigenvalue weighted by atomic mass is 16.4. The average molecular weight is 259 g/mol. The number of aryl methyl sites for hydroxylation is 1. The van der Waals surface area contributed by atoms with E-state index in [2.05, 4.69) is 24.4 Å². The van der Waals surface area contributed by atoms with E-state index < -0.39 is 5.97 Å². The van der Waals surface area contributed by atoms with Crippen LogP contribution in [0.25, 0.3) is 0 Å². The minimum atomic E-state index is -0.964. The van der Waals surface area contributed by atoms with Crippen molar-refractivity contribution in [3.05, 3.63) is 59.0 Å². The van der Waals surface area contributed by atoms with Crippen molar-refractivity contribution in [2.24, 2.45) is 0 Å². The third-order valence-corrected chi connectivity index (χ3v) is 3.20. The molecule has 0 aliphatic heterocycles. The van der Waals surface area contributed by atoms with Crippen molar-refractivity contribution in [2.75, 3.05) is 0 Å². The zero-order valence-corrected chi connectivity index (χ0v) is 11.0. The second-order valence-corrected chi connectivity index (χ2v) is 4.52. The molecule has 100 valence electrons. The monoisotopic (exact) mass is 259 g/mol. The quantitative estimate of drug-likeness (QED) is 0.866. The van der Waals surface area contributed by atoms with Gasteiger partial charge in [0.25, 0.3) is 0 Å². The molecule has 2 rings (SSSR count). The first-order valence-corrected chi connectivity index (χ1v) is 6.18. The molecule has 0 saturated carbocycles. The highest BCUT2D eigenvalue weighted by Crippen LogP contribution is 2.18. The first kappa shape index (κ1) is 13.4. The third-order valence-electron chi connectivity index (χ3n) is 3.20. The SMILES string of the molecule is Cc1ccccc1[C@H](C)NCc1occc1C(=O)O. The van der Waals surface area contributed by atoms with E-state index in [-0.39, 0.29) is 11.6 Å². The number of nitrogens with one attached hydrogen (secondary N) is 1. The van der Waals surface area contributed by atoms with Crippen LogP contribution in [-0.2, 0) is 6.54 Å². The fourth-order valence-corrected chi connectivity index (χ4v) is 2.10. The Balaban J connectivity index is 2.05. The number of benzene rings is 1. The van der Waals surface area contributed by atoms with Gasteiger partial charge in [0.2, 0.25) is 0 Å². The molecule has 0 aliphatic rings. The second-order valence-electron chi connectivity index (χ2n) is 4.52. The van der Waals surface area contributed by atoms with E-state index in [0.29, 0.717) is 12.3 Å². The van der Waals surface area contributed by atoms with E-state index >= 15 is 0 Å². The van der Waals surface area contributed by atoms with Crippen LogP contribution in [0.15, 0.2) is 41.0 Å². The number of carboxylic acids is 1. The molecule has 0 fully saturated rings. The molecule has 19 heavy (non-hydrogen) atoms. The predicted molar refractivity (Wildman–Crippen MR) is 72.1 cm³/mol. The number of carbonyl (C=O) groups is 1. The summed E-state index contributed by atoms with van der Waals surface area (Å²) < 4.78 is 5.20. The molecule has 0 spiro atoms. The number of hydrogen-bond acceptors (Lipinski definition) is 3. The first-order chi connectivity index (χ1) is 9.09. The van der Waals surface area contributed by atoms with E-state index in [1.165, 1.54) is 23.5 Å². The normalized spacial score (nSPS) is 12.3. The number of hydrogen-bond donors (Lipinski definition) is 2. The van der Waals surface area contributed by atoms with Gasteiger partial charge in [-0.15, -0.1) is 0 Å². The van der Waals surface area contributed by atoms with Crippen LogP contribution >= 0.6 is 0 Å². The van der Waals surface area contributed by atoms with Crippen LogP contribution < -0.4 is 5.32 Å². The Hall–Kier alpha value is -2.07. The van der Waals surface area contributed by atoms with Gasteiger partial charge < -0.3 is 14.8 Å². The van der Waals surface area contributed by atoms with E-state index in [1.807, 2.05) is 19.1 Å². The smallest absolute Gasteiger partial charge is 0.339 e. The molecule has 0 amide bonds. The Morgan fingerprint density at radius 3 is 2.79 bits per heavy atom. The molecule has 1 aromatic carbocycles. The molecule has 2 N–H and O–H groups in total.